The third-order valence-corrected chi connectivity index (χ3v) is 1.30. The van der Waals surface area contributed by atoms with Crippen LogP contribution in [0.3, 0.4) is 0 Å². The molecule has 0 aromatic carbocycles. The van der Waals surface area contributed by atoms with Crippen molar-refractivity contribution in [3.05, 3.63) is 0 Å². The lowest BCUT2D eigenvalue weighted by atomic mass is 10.2. The Hall–Kier alpha value is -0.770. The lowest BCUT2D eigenvalue weighted by Gasteiger charge is -2.12. The lowest BCUT2D eigenvalue weighted by molar-refractivity contribution is 0.0674. The fourth-order valence-electron chi connectivity index (χ4n) is 0.521. The molecule has 0 fully saturated rings. The molecule has 1 unspecified atom stereocenters. The molecule has 4 heteroatoms. The molecule has 11 heavy (non-hydrogen) atoms. The SMILES string of the molecule is CC(C)OCC(C)/C(N)=N/O. The summed E-state index contributed by atoms with van der Waals surface area (Å²) in [5.41, 5.74) is 5.32. The van der Waals surface area contributed by atoms with Gasteiger partial charge in [0.25, 0.3) is 0 Å². The van der Waals surface area contributed by atoms with Gasteiger partial charge in [-0.3, -0.25) is 0 Å². The molecule has 0 saturated heterocycles. The second kappa shape index (κ2) is 4.96. The highest BCUT2D eigenvalue weighted by Gasteiger charge is 2.07. The fourth-order valence-corrected chi connectivity index (χ4v) is 0.521. The van der Waals surface area contributed by atoms with E-state index in [1.165, 1.54) is 0 Å². The second-order valence-corrected chi connectivity index (χ2v) is 2.81. The number of rotatable bonds is 4. The molecule has 4 nitrogen and oxygen atoms in total. The van der Waals surface area contributed by atoms with Gasteiger partial charge in [-0.15, -0.1) is 0 Å². The van der Waals surface area contributed by atoms with Crippen LogP contribution in [-0.4, -0.2) is 23.8 Å². The van der Waals surface area contributed by atoms with Crippen molar-refractivity contribution in [2.75, 3.05) is 6.61 Å². The Labute approximate surface area is 67.0 Å². The van der Waals surface area contributed by atoms with Crippen LogP contribution in [0.15, 0.2) is 5.16 Å². The van der Waals surface area contributed by atoms with E-state index in [-0.39, 0.29) is 17.9 Å². The molecule has 0 aliphatic carbocycles. The first kappa shape index (κ1) is 10.2. The van der Waals surface area contributed by atoms with Gasteiger partial charge in [0.15, 0.2) is 0 Å². The van der Waals surface area contributed by atoms with E-state index in [0.717, 1.165) is 0 Å². The fraction of sp³-hybridized carbons (Fsp3) is 0.857. The summed E-state index contributed by atoms with van der Waals surface area (Å²) in [6, 6.07) is 0. The molecule has 66 valence electrons. The van der Waals surface area contributed by atoms with Gasteiger partial charge in [-0.2, -0.15) is 0 Å². The molecule has 0 spiro atoms. The molecule has 0 radical (unpaired) electrons. The van der Waals surface area contributed by atoms with Crippen molar-refractivity contribution in [1.82, 2.24) is 0 Å². The van der Waals surface area contributed by atoms with E-state index in [2.05, 4.69) is 5.16 Å². The smallest absolute Gasteiger partial charge is 0.144 e. The monoisotopic (exact) mass is 160 g/mol. The zero-order valence-electron chi connectivity index (χ0n) is 7.24. The number of hydrogen-bond acceptors (Lipinski definition) is 3. The Kier molecular flexibility index (Phi) is 4.61. The Bertz CT molecular complexity index is 134. The van der Waals surface area contributed by atoms with E-state index in [4.69, 9.17) is 15.7 Å². The van der Waals surface area contributed by atoms with Gasteiger partial charge in [0.2, 0.25) is 0 Å². The Morgan fingerprint density at radius 2 is 2.09 bits per heavy atom. The van der Waals surface area contributed by atoms with Crippen LogP contribution in [-0.2, 0) is 4.74 Å². The second-order valence-electron chi connectivity index (χ2n) is 2.81. The van der Waals surface area contributed by atoms with Gasteiger partial charge in [-0.25, -0.2) is 0 Å². The first-order valence-corrected chi connectivity index (χ1v) is 3.67. The predicted molar refractivity (Wildman–Crippen MR) is 43.7 cm³/mol. The quantitative estimate of drug-likeness (QED) is 0.276. The van der Waals surface area contributed by atoms with E-state index in [1.54, 1.807) is 0 Å². The highest BCUT2D eigenvalue weighted by Crippen LogP contribution is 1.98. The molecular formula is C7H16N2O2. The van der Waals surface area contributed by atoms with Crippen LogP contribution >= 0.6 is 0 Å². The molecule has 0 bridgehead atoms. The minimum absolute atomic E-state index is 0.0256. The van der Waals surface area contributed by atoms with E-state index in [9.17, 15) is 0 Å². The van der Waals surface area contributed by atoms with E-state index in [1.807, 2.05) is 20.8 Å². The maximum atomic E-state index is 8.28. The van der Waals surface area contributed by atoms with Crippen LogP contribution in [0.5, 0.6) is 0 Å². The average Bonchev–Trinajstić information content (AvgIpc) is 1.98. The number of amidine groups is 1. The summed E-state index contributed by atoms with van der Waals surface area (Å²) in [7, 11) is 0. The third-order valence-electron chi connectivity index (χ3n) is 1.30. The van der Waals surface area contributed by atoms with Crippen LogP contribution in [0.1, 0.15) is 20.8 Å². The van der Waals surface area contributed by atoms with Gasteiger partial charge in [0.1, 0.15) is 5.84 Å². The molecule has 0 amide bonds. The average molecular weight is 160 g/mol. The highest BCUT2D eigenvalue weighted by atomic mass is 16.5. The first-order valence-electron chi connectivity index (χ1n) is 3.67. The molecule has 0 aliphatic rings. The third kappa shape index (κ3) is 4.61. The standard InChI is InChI=1S/C7H16N2O2/c1-5(2)11-4-6(3)7(8)9-10/h5-6,10H,4H2,1-3H3,(H2,8,9). The molecule has 3 N–H and O–H groups in total. The molecule has 1 atom stereocenters. The number of nitrogens with two attached hydrogens (primary N) is 1. The summed E-state index contributed by atoms with van der Waals surface area (Å²) in [6.45, 7) is 6.23. The summed E-state index contributed by atoms with van der Waals surface area (Å²) >= 11 is 0. The topological polar surface area (TPSA) is 67.8 Å². The zero-order chi connectivity index (χ0) is 8.85. The normalized spacial score (nSPS) is 15.5. The lowest BCUT2D eigenvalue weighted by Crippen LogP contribution is -2.26. The van der Waals surface area contributed by atoms with Crippen LogP contribution in [0, 0.1) is 5.92 Å². The molecular weight excluding hydrogens is 144 g/mol. The zero-order valence-corrected chi connectivity index (χ0v) is 7.24. The number of oxime groups is 1. The summed E-state index contributed by atoms with van der Waals surface area (Å²) < 4.78 is 5.25. The van der Waals surface area contributed by atoms with Crippen molar-refractivity contribution in [3.63, 3.8) is 0 Å². The van der Waals surface area contributed by atoms with E-state index >= 15 is 0 Å². The van der Waals surface area contributed by atoms with Gasteiger partial charge >= 0.3 is 0 Å². The van der Waals surface area contributed by atoms with E-state index < -0.39 is 0 Å². The summed E-state index contributed by atoms with van der Waals surface area (Å²) in [5.74, 6) is 0.188. The molecule has 0 heterocycles. The molecule has 0 aliphatic heterocycles. The van der Waals surface area contributed by atoms with Crippen LogP contribution in [0.2, 0.25) is 0 Å². The van der Waals surface area contributed by atoms with Crippen molar-refractivity contribution in [3.8, 4) is 0 Å². The maximum absolute atomic E-state index is 8.28. The highest BCUT2D eigenvalue weighted by molar-refractivity contribution is 5.81. The van der Waals surface area contributed by atoms with Crippen LogP contribution in [0.25, 0.3) is 0 Å². The number of ether oxygens (including phenoxy) is 1. The van der Waals surface area contributed by atoms with Gasteiger partial charge in [0, 0.05) is 5.92 Å². The summed E-state index contributed by atoms with van der Waals surface area (Å²) in [5, 5.41) is 11.2. The summed E-state index contributed by atoms with van der Waals surface area (Å²) in [4.78, 5) is 0. The largest absolute Gasteiger partial charge is 0.409 e. The van der Waals surface area contributed by atoms with Crippen molar-refractivity contribution in [2.45, 2.75) is 26.9 Å². The van der Waals surface area contributed by atoms with Crippen molar-refractivity contribution < 1.29 is 9.94 Å². The number of nitrogens with zero attached hydrogens (tertiary/aromatic N) is 1. The minimum atomic E-state index is -0.0256. The first-order chi connectivity index (χ1) is 5.07. The molecule has 0 aromatic rings. The van der Waals surface area contributed by atoms with Gasteiger partial charge in [-0.1, -0.05) is 12.1 Å². The van der Waals surface area contributed by atoms with Crippen molar-refractivity contribution >= 4 is 5.84 Å². The summed E-state index contributed by atoms with van der Waals surface area (Å²) in [6.07, 6.45) is 0.184. The van der Waals surface area contributed by atoms with Gasteiger partial charge < -0.3 is 15.7 Å². The van der Waals surface area contributed by atoms with Crippen LogP contribution in [0.4, 0.5) is 0 Å². The predicted octanol–water partition coefficient (Wildman–Crippen LogP) is 0.794. The Balaban J connectivity index is 3.61. The van der Waals surface area contributed by atoms with E-state index in [0.29, 0.717) is 6.61 Å². The molecule has 0 rings (SSSR count). The van der Waals surface area contributed by atoms with Crippen LogP contribution < -0.4 is 5.73 Å². The molecule has 0 aromatic heterocycles. The van der Waals surface area contributed by atoms with Gasteiger partial charge in [-0.05, 0) is 13.8 Å². The van der Waals surface area contributed by atoms with Crippen molar-refractivity contribution in [1.29, 1.82) is 0 Å². The van der Waals surface area contributed by atoms with Crippen molar-refractivity contribution in [2.24, 2.45) is 16.8 Å². The Morgan fingerprint density at radius 1 is 1.55 bits per heavy atom. The van der Waals surface area contributed by atoms with Gasteiger partial charge in [0.05, 0.1) is 12.7 Å². The Morgan fingerprint density at radius 3 is 2.45 bits per heavy atom. The minimum Gasteiger partial charge on any atom is -0.409 e. The number of hydrogen-bond donors (Lipinski definition) is 2. The molecule has 0 saturated carbocycles. The maximum Gasteiger partial charge on any atom is 0.144 e.